The number of aryl methyl sites for hydroxylation is 1. The Morgan fingerprint density at radius 1 is 1.35 bits per heavy atom. The van der Waals surface area contributed by atoms with Crippen LogP contribution in [0.1, 0.15) is 22.8 Å². The number of carbonyl (C=O) groups excluding carboxylic acids is 1. The van der Waals surface area contributed by atoms with E-state index in [1.165, 1.54) is 7.11 Å². The summed E-state index contributed by atoms with van der Waals surface area (Å²) in [5, 5.41) is 3.33. The Bertz CT molecular complexity index is 714. The van der Waals surface area contributed by atoms with E-state index in [0.29, 0.717) is 38.9 Å². The Hall–Kier alpha value is -1.72. The Balaban J connectivity index is 2.35. The third kappa shape index (κ3) is 3.98. The van der Waals surface area contributed by atoms with Crippen molar-refractivity contribution in [1.82, 2.24) is 0 Å². The molecular formula is C17H17BrClNO3. The zero-order valence-corrected chi connectivity index (χ0v) is 15.4. The fourth-order valence-corrected chi connectivity index (χ4v) is 2.94. The maximum atomic E-state index is 12.5. The maximum absolute atomic E-state index is 12.5. The van der Waals surface area contributed by atoms with Crippen LogP contribution in [0, 0.1) is 6.92 Å². The number of halogens is 2. The summed E-state index contributed by atoms with van der Waals surface area (Å²) >= 11 is 9.56. The van der Waals surface area contributed by atoms with Gasteiger partial charge in [-0.1, -0.05) is 23.7 Å². The van der Waals surface area contributed by atoms with E-state index in [0.717, 1.165) is 5.56 Å². The van der Waals surface area contributed by atoms with Crippen molar-refractivity contribution in [2.75, 3.05) is 19.0 Å². The third-order valence-corrected chi connectivity index (χ3v) is 4.14. The standard InChI is InChI=1S/C17H17BrClNO3/c1-4-23-16-12(18)8-11(9-14(16)22-3)17(21)20-15-10(2)6-5-7-13(15)19/h5-9H,4H2,1-3H3,(H,20,21). The molecule has 0 aliphatic rings. The first-order valence-corrected chi connectivity index (χ1v) is 8.21. The number of rotatable bonds is 5. The lowest BCUT2D eigenvalue weighted by Crippen LogP contribution is -2.13. The van der Waals surface area contributed by atoms with Crippen molar-refractivity contribution >= 4 is 39.1 Å². The van der Waals surface area contributed by atoms with Crippen LogP contribution in [0.4, 0.5) is 5.69 Å². The van der Waals surface area contributed by atoms with Crippen molar-refractivity contribution in [2.45, 2.75) is 13.8 Å². The molecule has 0 unspecified atom stereocenters. The van der Waals surface area contributed by atoms with E-state index in [4.69, 9.17) is 21.1 Å². The summed E-state index contributed by atoms with van der Waals surface area (Å²) < 4.78 is 11.5. The number of amides is 1. The molecule has 0 radical (unpaired) electrons. The summed E-state index contributed by atoms with van der Waals surface area (Å²) in [6.07, 6.45) is 0. The molecule has 0 spiro atoms. The summed E-state index contributed by atoms with van der Waals surface area (Å²) in [4.78, 5) is 12.5. The van der Waals surface area contributed by atoms with Gasteiger partial charge < -0.3 is 14.8 Å². The fraction of sp³-hybridized carbons (Fsp3) is 0.235. The lowest BCUT2D eigenvalue weighted by molar-refractivity contribution is 0.102. The summed E-state index contributed by atoms with van der Waals surface area (Å²) in [5.74, 6) is 0.783. The second-order valence-corrected chi connectivity index (χ2v) is 6.07. The molecule has 0 atom stereocenters. The largest absolute Gasteiger partial charge is 0.493 e. The quantitative estimate of drug-likeness (QED) is 0.765. The van der Waals surface area contributed by atoms with Crippen molar-refractivity contribution in [3.05, 3.63) is 51.0 Å². The first-order valence-electron chi connectivity index (χ1n) is 7.04. The molecule has 0 heterocycles. The van der Waals surface area contributed by atoms with Gasteiger partial charge in [-0.3, -0.25) is 4.79 Å². The van der Waals surface area contributed by atoms with E-state index < -0.39 is 0 Å². The normalized spacial score (nSPS) is 10.3. The molecule has 2 rings (SSSR count). The van der Waals surface area contributed by atoms with E-state index in [2.05, 4.69) is 21.2 Å². The van der Waals surface area contributed by atoms with Crippen molar-refractivity contribution in [3.63, 3.8) is 0 Å². The van der Waals surface area contributed by atoms with Gasteiger partial charge in [0, 0.05) is 5.56 Å². The SMILES string of the molecule is CCOc1c(Br)cc(C(=O)Nc2c(C)cccc2Cl)cc1OC. The molecule has 0 aromatic heterocycles. The molecule has 1 N–H and O–H groups in total. The first-order chi connectivity index (χ1) is 11.0. The predicted octanol–water partition coefficient (Wildman–Crippen LogP) is 5.07. The first kappa shape index (κ1) is 17.6. The van der Waals surface area contributed by atoms with Gasteiger partial charge in [0.15, 0.2) is 11.5 Å². The van der Waals surface area contributed by atoms with Crippen LogP contribution >= 0.6 is 27.5 Å². The van der Waals surface area contributed by atoms with Crippen LogP contribution in [0.5, 0.6) is 11.5 Å². The van der Waals surface area contributed by atoms with Crippen molar-refractivity contribution in [1.29, 1.82) is 0 Å². The molecule has 2 aromatic rings. The number of carbonyl (C=O) groups is 1. The lowest BCUT2D eigenvalue weighted by Gasteiger charge is -2.14. The minimum absolute atomic E-state index is 0.275. The molecule has 0 saturated heterocycles. The topological polar surface area (TPSA) is 47.6 Å². The van der Waals surface area contributed by atoms with Crippen LogP contribution < -0.4 is 14.8 Å². The summed E-state index contributed by atoms with van der Waals surface area (Å²) in [6, 6.07) is 8.78. The molecule has 122 valence electrons. The van der Waals surface area contributed by atoms with Crippen LogP contribution in [0.2, 0.25) is 5.02 Å². The molecule has 0 fully saturated rings. The number of nitrogens with one attached hydrogen (secondary N) is 1. The minimum Gasteiger partial charge on any atom is -0.493 e. The van der Waals surface area contributed by atoms with Crippen molar-refractivity contribution in [3.8, 4) is 11.5 Å². The molecule has 0 bridgehead atoms. The van der Waals surface area contributed by atoms with Crippen molar-refractivity contribution < 1.29 is 14.3 Å². The second-order valence-electron chi connectivity index (χ2n) is 4.81. The number of anilines is 1. The number of benzene rings is 2. The Labute approximate surface area is 148 Å². The molecular weight excluding hydrogens is 382 g/mol. The number of methoxy groups -OCH3 is 1. The van der Waals surface area contributed by atoms with Gasteiger partial charge in [0.25, 0.3) is 5.91 Å². The average Bonchev–Trinajstić information content (AvgIpc) is 2.52. The molecule has 4 nitrogen and oxygen atoms in total. The van der Waals surface area contributed by atoms with Crippen LogP contribution in [0.15, 0.2) is 34.8 Å². The van der Waals surface area contributed by atoms with E-state index in [9.17, 15) is 4.79 Å². The zero-order chi connectivity index (χ0) is 17.0. The summed E-state index contributed by atoms with van der Waals surface area (Å²) in [5.41, 5.74) is 1.93. The summed E-state index contributed by atoms with van der Waals surface area (Å²) in [6.45, 7) is 4.27. The highest BCUT2D eigenvalue weighted by molar-refractivity contribution is 9.10. The van der Waals surface area contributed by atoms with Gasteiger partial charge in [-0.25, -0.2) is 0 Å². The van der Waals surface area contributed by atoms with Gasteiger partial charge in [0.05, 0.1) is 28.9 Å². The number of ether oxygens (including phenoxy) is 2. The fourth-order valence-electron chi connectivity index (χ4n) is 2.11. The number of para-hydroxylation sites is 1. The number of hydrogen-bond donors (Lipinski definition) is 1. The molecule has 6 heteroatoms. The van der Waals surface area contributed by atoms with Gasteiger partial charge >= 0.3 is 0 Å². The van der Waals surface area contributed by atoms with Gasteiger partial charge in [0.2, 0.25) is 0 Å². The molecule has 0 aliphatic heterocycles. The third-order valence-electron chi connectivity index (χ3n) is 3.24. The monoisotopic (exact) mass is 397 g/mol. The molecule has 23 heavy (non-hydrogen) atoms. The highest BCUT2D eigenvalue weighted by Gasteiger charge is 2.16. The maximum Gasteiger partial charge on any atom is 0.255 e. The van der Waals surface area contributed by atoms with Gasteiger partial charge in [-0.15, -0.1) is 0 Å². The van der Waals surface area contributed by atoms with E-state index >= 15 is 0 Å². The lowest BCUT2D eigenvalue weighted by atomic mass is 10.1. The molecule has 0 aliphatic carbocycles. The Kier molecular flexibility index (Phi) is 5.91. The average molecular weight is 399 g/mol. The highest BCUT2D eigenvalue weighted by Crippen LogP contribution is 2.37. The van der Waals surface area contributed by atoms with Gasteiger partial charge in [-0.2, -0.15) is 0 Å². The van der Waals surface area contributed by atoms with Crippen molar-refractivity contribution in [2.24, 2.45) is 0 Å². The summed E-state index contributed by atoms with van der Waals surface area (Å²) in [7, 11) is 1.53. The van der Waals surface area contributed by atoms with Crippen LogP contribution in [-0.2, 0) is 0 Å². The van der Waals surface area contributed by atoms with E-state index in [-0.39, 0.29) is 5.91 Å². The van der Waals surface area contributed by atoms with Gasteiger partial charge in [-0.05, 0) is 53.5 Å². The predicted molar refractivity (Wildman–Crippen MR) is 96.0 cm³/mol. The second kappa shape index (κ2) is 7.70. The number of hydrogen-bond acceptors (Lipinski definition) is 3. The van der Waals surface area contributed by atoms with Crippen LogP contribution in [0.3, 0.4) is 0 Å². The van der Waals surface area contributed by atoms with Crippen LogP contribution in [0.25, 0.3) is 0 Å². The van der Waals surface area contributed by atoms with E-state index in [1.54, 1.807) is 18.2 Å². The van der Waals surface area contributed by atoms with Gasteiger partial charge in [0.1, 0.15) is 0 Å². The van der Waals surface area contributed by atoms with E-state index in [1.807, 2.05) is 26.0 Å². The molecule has 0 saturated carbocycles. The minimum atomic E-state index is -0.275. The Morgan fingerprint density at radius 3 is 2.70 bits per heavy atom. The smallest absolute Gasteiger partial charge is 0.255 e. The highest BCUT2D eigenvalue weighted by atomic mass is 79.9. The Morgan fingerprint density at radius 2 is 2.09 bits per heavy atom. The molecule has 2 aromatic carbocycles. The zero-order valence-electron chi connectivity index (χ0n) is 13.1. The molecule has 1 amide bonds. The van der Waals surface area contributed by atoms with Crippen LogP contribution in [-0.4, -0.2) is 19.6 Å².